The average molecular weight is 213 g/mol. The monoisotopic (exact) mass is 212 g/mol. The number of rotatable bonds is 0. The van der Waals surface area contributed by atoms with Crippen molar-refractivity contribution in [2.45, 2.75) is 37.0 Å². The van der Waals surface area contributed by atoms with Crippen molar-refractivity contribution in [2.24, 2.45) is 0 Å². The summed E-state index contributed by atoms with van der Waals surface area (Å²) in [4.78, 5) is 1.00. The normalized spacial score (nSPS) is 16.5. The molecule has 70 valence electrons. The molecular weight excluding hydrogens is 200 g/mol. The predicted octanol–water partition coefficient (Wildman–Crippen LogP) is 3.90. The second-order valence-corrected chi connectivity index (χ2v) is 4.45. The lowest BCUT2D eigenvalue weighted by atomic mass is 10.0. The highest BCUT2D eigenvalue weighted by Gasteiger charge is 2.12. The van der Waals surface area contributed by atoms with Crippen LogP contribution in [0, 0.1) is 0 Å². The summed E-state index contributed by atoms with van der Waals surface area (Å²) in [7, 11) is 0. The van der Waals surface area contributed by atoms with Gasteiger partial charge in [0.2, 0.25) is 0 Å². The van der Waals surface area contributed by atoms with E-state index in [1.807, 2.05) is 6.07 Å². The number of benzene rings is 1. The van der Waals surface area contributed by atoms with Crippen LogP contribution < -0.4 is 0 Å². The maximum absolute atomic E-state index is 6.02. The fourth-order valence-electron chi connectivity index (χ4n) is 1.96. The van der Waals surface area contributed by atoms with Crippen LogP contribution in [0.5, 0.6) is 0 Å². The molecule has 0 amide bonds. The van der Waals surface area contributed by atoms with Crippen molar-refractivity contribution in [3.05, 3.63) is 28.3 Å². The molecule has 1 aromatic carbocycles. The largest absolute Gasteiger partial charge is 0.142 e. The summed E-state index contributed by atoms with van der Waals surface area (Å²) in [5.74, 6) is 0. The van der Waals surface area contributed by atoms with Crippen LogP contribution in [0.25, 0.3) is 0 Å². The lowest BCUT2D eigenvalue weighted by Crippen LogP contribution is -1.92. The van der Waals surface area contributed by atoms with Gasteiger partial charge < -0.3 is 0 Å². The Bertz CT molecular complexity index is 320. The van der Waals surface area contributed by atoms with Gasteiger partial charge in [0, 0.05) is 4.90 Å². The third-order valence-corrected chi connectivity index (χ3v) is 3.66. The quantitative estimate of drug-likeness (QED) is 0.490. The predicted molar refractivity (Wildman–Crippen MR) is 60.0 cm³/mol. The minimum absolute atomic E-state index is 0.795. The van der Waals surface area contributed by atoms with Crippen molar-refractivity contribution in [1.29, 1.82) is 0 Å². The molecule has 0 aliphatic heterocycles. The standard InChI is InChI=1S/C11H13ClS/c12-10-7-6-8-4-2-1-3-5-9(8)11(10)13/h6-7,13H,1-5H2. The fourth-order valence-corrected chi connectivity index (χ4v) is 2.46. The van der Waals surface area contributed by atoms with E-state index in [2.05, 4.69) is 18.7 Å². The molecule has 13 heavy (non-hydrogen) atoms. The highest BCUT2D eigenvalue weighted by atomic mass is 35.5. The van der Waals surface area contributed by atoms with Crippen molar-refractivity contribution < 1.29 is 0 Å². The number of fused-ring (bicyclic) bond motifs is 1. The minimum atomic E-state index is 0.795. The van der Waals surface area contributed by atoms with Crippen LogP contribution in [0.3, 0.4) is 0 Å². The Kier molecular flexibility index (Phi) is 2.85. The molecule has 0 fully saturated rings. The molecule has 0 unspecified atom stereocenters. The Labute approximate surface area is 89.7 Å². The summed E-state index contributed by atoms with van der Waals surface area (Å²) < 4.78 is 0. The van der Waals surface area contributed by atoms with Gasteiger partial charge in [0.05, 0.1) is 5.02 Å². The van der Waals surface area contributed by atoms with Crippen molar-refractivity contribution >= 4 is 24.2 Å². The van der Waals surface area contributed by atoms with E-state index in [0.29, 0.717) is 0 Å². The van der Waals surface area contributed by atoms with Crippen LogP contribution in [0.15, 0.2) is 17.0 Å². The zero-order valence-corrected chi connectivity index (χ0v) is 9.17. The van der Waals surface area contributed by atoms with Crippen molar-refractivity contribution in [1.82, 2.24) is 0 Å². The Hall–Kier alpha value is -0.140. The summed E-state index contributed by atoms with van der Waals surface area (Å²) in [6.07, 6.45) is 6.26. The molecule has 0 bridgehead atoms. The molecule has 0 heterocycles. The molecule has 0 atom stereocenters. The Morgan fingerprint density at radius 3 is 2.69 bits per heavy atom. The van der Waals surface area contributed by atoms with E-state index in [0.717, 1.165) is 16.3 Å². The molecule has 0 spiro atoms. The zero-order valence-electron chi connectivity index (χ0n) is 7.52. The van der Waals surface area contributed by atoms with E-state index in [1.54, 1.807) is 0 Å². The van der Waals surface area contributed by atoms with Gasteiger partial charge in [0.15, 0.2) is 0 Å². The second kappa shape index (κ2) is 3.93. The smallest absolute Gasteiger partial charge is 0.0542 e. The van der Waals surface area contributed by atoms with Crippen molar-refractivity contribution in [3.63, 3.8) is 0 Å². The molecule has 1 aliphatic rings. The molecule has 1 aliphatic carbocycles. The highest BCUT2D eigenvalue weighted by molar-refractivity contribution is 7.80. The summed E-state index contributed by atoms with van der Waals surface area (Å²) in [6.45, 7) is 0. The van der Waals surface area contributed by atoms with Gasteiger partial charge in [-0.15, -0.1) is 12.6 Å². The van der Waals surface area contributed by atoms with E-state index < -0.39 is 0 Å². The van der Waals surface area contributed by atoms with Crippen LogP contribution in [-0.2, 0) is 12.8 Å². The number of hydrogen-bond acceptors (Lipinski definition) is 1. The topological polar surface area (TPSA) is 0 Å². The van der Waals surface area contributed by atoms with E-state index in [4.69, 9.17) is 11.6 Å². The van der Waals surface area contributed by atoms with Gasteiger partial charge in [-0.2, -0.15) is 0 Å². The van der Waals surface area contributed by atoms with Crippen LogP contribution in [-0.4, -0.2) is 0 Å². The van der Waals surface area contributed by atoms with E-state index in [9.17, 15) is 0 Å². The van der Waals surface area contributed by atoms with Crippen LogP contribution >= 0.6 is 24.2 Å². The van der Waals surface area contributed by atoms with Crippen molar-refractivity contribution in [2.75, 3.05) is 0 Å². The third-order valence-electron chi connectivity index (χ3n) is 2.70. The SMILES string of the molecule is Sc1c(Cl)ccc2c1CCCCC2. The first-order valence-electron chi connectivity index (χ1n) is 4.78. The third kappa shape index (κ3) is 1.87. The molecule has 0 radical (unpaired) electrons. The summed E-state index contributed by atoms with van der Waals surface area (Å²) in [6, 6.07) is 4.12. The summed E-state index contributed by atoms with van der Waals surface area (Å²) in [5, 5.41) is 0.795. The first-order valence-corrected chi connectivity index (χ1v) is 5.61. The molecule has 2 heteroatoms. The van der Waals surface area contributed by atoms with Crippen LogP contribution in [0.4, 0.5) is 0 Å². The maximum atomic E-state index is 6.02. The molecule has 0 N–H and O–H groups in total. The summed E-state index contributed by atoms with van der Waals surface area (Å²) >= 11 is 10.5. The van der Waals surface area contributed by atoms with Crippen LogP contribution in [0.2, 0.25) is 5.02 Å². The maximum Gasteiger partial charge on any atom is 0.0542 e. The number of halogens is 1. The zero-order chi connectivity index (χ0) is 9.26. The van der Waals surface area contributed by atoms with Gasteiger partial charge in [-0.05, 0) is 42.9 Å². The molecule has 1 aromatic rings. The number of aryl methyl sites for hydroxylation is 1. The number of hydrogen-bond donors (Lipinski definition) is 1. The highest BCUT2D eigenvalue weighted by Crippen LogP contribution is 2.31. The molecule has 0 aromatic heterocycles. The number of thiol groups is 1. The van der Waals surface area contributed by atoms with Gasteiger partial charge in [-0.1, -0.05) is 24.1 Å². The van der Waals surface area contributed by atoms with Gasteiger partial charge in [-0.25, -0.2) is 0 Å². The fraction of sp³-hybridized carbons (Fsp3) is 0.455. The first kappa shape index (κ1) is 9.42. The lowest BCUT2D eigenvalue weighted by Gasteiger charge is -2.09. The first-order chi connectivity index (χ1) is 6.29. The lowest BCUT2D eigenvalue weighted by molar-refractivity contribution is 0.710. The van der Waals surface area contributed by atoms with Gasteiger partial charge in [0.1, 0.15) is 0 Å². The minimum Gasteiger partial charge on any atom is -0.142 e. The van der Waals surface area contributed by atoms with E-state index in [-0.39, 0.29) is 0 Å². The molecule has 0 nitrogen and oxygen atoms in total. The Balaban J connectivity index is 2.48. The Morgan fingerprint density at radius 1 is 1.08 bits per heavy atom. The van der Waals surface area contributed by atoms with E-state index >= 15 is 0 Å². The second-order valence-electron chi connectivity index (χ2n) is 3.59. The molecular formula is C11H13ClS. The van der Waals surface area contributed by atoms with Gasteiger partial charge >= 0.3 is 0 Å². The van der Waals surface area contributed by atoms with Gasteiger partial charge in [0.25, 0.3) is 0 Å². The molecule has 0 saturated heterocycles. The van der Waals surface area contributed by atoms with Crippen molar-refractivity contribution in [3.8, 4) is 0 Å². The van der Waals surface area contributed by atoms with E-state index in [1.165, 1.54) is 36.8 Å². The van der Waals surface area contributed by atoms with Gasteiger partial charge in [-0.3, -0.25) is 0 Å². The molecule has 2 rings (SSSR count). The average Bonchev–Trinajstić information content (AvgIpc) is 2.36. The summed E-state index contributed by atoms with van der Waals surface area (Å²) in [5.41, 5.74) is 2.83. The molecule has 0 saturated carbocycles. The van der Waals surface area contributed by atoms with Crippen LogP contribution in [0.1, 0.15) is 30.4 Å². The Morgan fingerprint density at radius 2 is 1.85 bits per heavy atom.